The van der Waals surface area contributed by atoms with Crippen molar-refractivity contribution in [2.24, 2.45) is 11.7 Å². The van der Waals surface area contributed by atoms with E-state index in [4.69, 9.17) is 22.1 Å². The molecule has 0 radical (unpaired) electrons. The molecular formula is C21H23ClN4O4S. The maximum absolute atomic E-state index is 12.3. The van der Waals surface area contributed by atoms with Crippen molar-refractivity contribution in [1.29, 1.82) is 0 Å². The van der Waals surface area contributed by atoms with E-state index < -0.39 is 12.2 Å². The number of carbonyl (C=O) groups excluding carboxylic acids is 3. The van der Waals surface area contributed by atoms with Gasteiger partial charge in [0.1, 0.15) is 6.10 Å². The molecule has 8 nitrogen and oxygen atoms in total. The number of hydrogen-bond acceptors (Lipinski definition) is 6. The molecule has 1 unspecified atom stereocenters. The first-order chi connectivity index (χ1) is 14.9. The molecule has 1 aromatic heterocycles. The van der Waals surface area contributed by atoms with Crippen LogP contribution in [0.5, 0.6) is 0 Å². The SMILES string of the molecule is NC(=O)C1CCN(c2ccc(N3CC(CNC(=O)c4ccc(Cl)s4)OC3=O)cc2)CC1. The maximum atomic E-state index is 12.3. The predicted molar refractivity (Wildman–Crippen MR) is 120 cm³/mol. The minimum atomic E-state index is -0.437. The summed E-state index contributed by atoms with van der Waals surface area (Å²) in [5.41, 5.74) is 7.17. The zero-order chi connectivity index (χ0) is 22.0. The van der Waals surface area contributed by atoms with Gasteiger partial charge in [0.25, 0.3) is 5.91 Å². The Labute approximate surface area is 188 Å². The molecule has 10 heteroatoms. The molecule has 1 aromatic carbocycles. The lowest BCUT2D eigenvalue weighted by Crippen LogP contribution is -2.38. The number of ether oxygens (including phenoxy) is 1. The molecule has 0 spiro atoms. The van der Waals surface area contributed by atoms with Crippen LogP contribution in [0.2, 0.25) is 4.34 Å². The number of primary amides is 1. The molecule has 0 saturated carbocycles. The standard InChI is InChI=1S/C21H23ClN4O4S/c22-18-6-5-17(31-18)20(28)24-11-16-12-26(21(29)30-16)15-3-1-14(2-4-15)25-9-7-13(8-10-25)19(23)27/h1-6,13,16H,7-12H2,(H2,23,27)(H,24,28). The molecule has 3 amide bonds. The number of piperidine rings is 1. The van der Waals surface area contributed by atoms with E-state index in [9.17, 15) is 14.4 Å². The molecule has 2 aliphatic heterocycles. The molecule has 4 rings (SSSR count). The zero-order valence-electron chi connectivity index (χ0n) is 16.8. The summed E-state index contributed by atoms with van der Waals surface area (Å²) in [6, 6.07) is 11.0. The van der Waals surface area contributed by atoms with Crippen LogP contribution in [0.4, 0.5) is 16.2 Å². The molecule has 31 heavy (non-hydrogen) atoms. The lowest BCUT2D eigenvalue weighted by molar-refractivity contribution is -0.122. The number of halogens is 1. The maximum Gasteiger partial charge on any atom is 0.414 e. The average molecular weight is 463 g/mol. The number of anilines is 2. The molecule has 2 fully saturated rings. The number of nitrogens with zero attached hydrogens (tertiary/aromatic N) is 2. The highest BCUT2D eigenvalue weighted by Crippen LogP contribution is 2.28. The minimum absolute atomic E-state index is 0.0517. The van der Waals surface area contributed by atoms with Gasteiger partial charge in [-0.2, -0.15) is 0 Å². The Morgan fingerprint density at radius 2 is 1.81 bits per heavy atom. The van der Waals surface area contributed by atoms with E-state index in [2.05, 4.69) is 10.2 Å². The summed E-state index contributed by atoms with van der Waals surface area (Å²) >= 11 is 7.06. The Hall–Kier alpha value is -2.78. The van der Waals surface area contributed by atoms with Gasteiger partial charge in [0.15, 0.2) is 0 Å². The molecular weight excluding hydrogens is 440 g/mol. The Kier molecular flexibility index (Phi) is 6.33. The van der Waals surface area contributed by atoms with Gasteiger partial charge in [-0.3, -0.25) is 14.5 Å². The van der Waals surface area contributed by atoms with E-state index in [1.54, 1.807) is 17.0 Å². The van der Waals surface area contributed by atoms with Gasteiger partial charge in [-0.05, 0) is 49.2 Å². The molecule has 3 N–H and O–H groups in total. The highest BCUT2D eigenvalue weighted by atomic mass is 35.5. The Bertz CT molecular complexity index is 972. The largest absolute Gasteiger partial charge is 0.442 e. The Morgan fingerprint density at radius 1 is 1.13 bits per heavy atom. The lowest BCUT2D eigenvalue weighted by atomic mass is 9.96. The van der Waals surface area contributed by atoms with Gasteiger partial charge < -0.3 is 20.7 Å². The Morgan fingerprint density at radius 3 is 2.42 bits per heavy atom. The third kappa shape index (κ3) is 4.94. The topological polar surface area (TPSA) is 105 Å². The van der Waals surface area contributed by atoms with Crippen LogP contribution < -0.4 is 20.9 Å². The second-order valence-electron chi connectivity index (χ2n) is 7.61. The van der Waals surface area contributed by atoms with Crippen LogP contribution in [0.25, 0.3) is 0 Å². The number of carbonyl (C=O) groups is 3. The van der Waals surface area contributed by atoms with E-state index in [-0.39, 0.29) is 24.3 Å². The molecule has 164 valence electrons. The van der Waals surface area contributed by atoms with Crippen molar-refractivity contribution in [2.75, 3.05) is 36.0 Å². The highest BCUT2D eigenvalue weighted by Gasteiger charge is 2.33. The number of amides is 3. The number of nitrogens with two attached hydrogens (primary N) is 1. The molecule has 0 bridgehead atoms. The number of cyclic esters (lactones) is 1. The van der Waals surface area contributed by atoms with E-state index in [0.717, 1.165) is 37.3 Å². The van der Waals surface area contributed by atoms with Crippen molar-refractivity contribution in [3.8, 4) is 0 Å². The first-order valence-electron chi connectivity index (χ1n) is 10.1. The summed E-state index contributed by atoms with van der Waals surface area (Å²) in [6.45, 7) is 2.13. The normalized spacial score (nSPS) is 19.4. The van der Waals surface area contributed by atoms with Crippen molar-refractivity contribution >= 4 is 52.2 Å². The van der Waals surface area contributed by atoms with Gasteiger partial charge in [0, 0.05) is 30.4 Å². The lowest BCUT2D eigenvalue weighted by Gasteiger charge is -2.32. The van der Waals surface area contributed by atoms with Crippen LogP contribution in [0, 0.1) is 5.92 Å². The number of thiophene rings is 1. The minimum Gasteiger partial charge on any atom is -0.442 e. The number of benzene rings is 1. The predicted octanol–water partition coefficient (Wildman–Crippen LogP) is 2.86. The average Bonchev–Trinajstić information content (AvgIpc) is 3.37. The molecule has 2 aliphatic rings. The third-order valence-corrected chi connectivity index (χ3v) is 6.82. The van der Waals surface area contributed by atoms with Crippen molar-refractivity contribution in [3.05, 3.63) is 45.6 Å². The molecule has 2 saturated heterocycles. The van der Waals surface area contributed by atoms with Crippen molar-refractivity contribution in [3.63, 3.8) is 0 Å². The summed E-state index contributed by atoms with van der Waals surface area (Å²) in [5.74, 6) is -0.521. The monoisotopic (exact) mass is 462 g/mol. The van der Waals surface area contributed by atoms with Crippen LogP contribution in [-0.2, 0) is 9.53 Å². The summed E-state index contributed by atoms with van der Waals surface area (Å²) in [5, 5.41) is 2.78. The quantitative estimate of drug-likeness (QED) is 0.686. The fraction of sp³-hybridized carbons (Fsp3) is 0.381. The van der Waals surface area contributed by atoms with E-state index >= 15 is 0 Å². The fourth-order valence-electron chi connectivity index (χ4n) is 3.83. The molecule has 2 aromatic rings. The first-order valence-corrected chi connectivity index (χ1v) is 11.3. The van der Waals surface area contributed by atoms with Crippen molar-refractivity contribution < 1.29 is 19.1 Å². The van der Waals surface area contributed by atoms with Crippen LogP contribution in [0.3, 0.4) is 0 Å². The number of rotatable bonds is 6. The summed E-state index contributed by atoms with van der Waals surface area (Å²) < 4.78 is 5.94. The van der Waals surface area contributed by atoms with Crippen LogP contribution >= 0.6 is 22.9 Å². The second-order valence-corrected chi connectivity index (χ2v) is 9.33. The summed E-state index contributed by atoms with van der Waals surface area (Å²) in [7, 11) is 0. The van der Waals surface area contributed by atoms with Gasteiger partial charge in [-0.15, -0.1) is 11.3 Å². The summed E-state index contributed by atoms with van der Waals surface area (Å²) in [4.78, 5) is 40.1. The van der Waals surface area contributed by atoms with Gasteiger partial charge in [0.2, 0.25) is 5.91 Å². The zero-order valence-corrected chi connectivity index (χ0v) is 18.3. The van der Waals surface area contributed by atoms with Crippen LogP contribution in [0.15, 0.2) is 36.4 Å². The molecule has 0 aliphatic carbocycles. The van der Waals surface area contributed by atoms with Gasteiger partial charge in [-0.25, -0.2) is 4.79 Å². The van der Waals surface area contributed by atoms with Crippen molar-refractivity contribution in [2.45, 2.75) is 18.9 Å². The van der Waals surface area contributed by atoms with Crippen molar-refractivity contribution in [1.82, 2.24) is 5.32 Å². The molecule has 3 heterocycles. The van der Waals surface area contributed by atoms with Crippen LogP contribution in [-0.4, -0.2) is 50.2 Å². The smallest absolute Gasteiger partial charge is 0.414 e. The first kappa shape index (κ1) is 21.5. The number of nitrogens with one attached hydrogen (secondary N) is 1. The van der Waals surface area contributed by atoms with Gasteiger partial charge >= 0.3 is 6.09 Å². The summed E-state index contributed by atoms with van der Waals surface area (Å²) in [6.07, 6.45) is 0.633. The van der Waals surface area contributed by atoms with Gasteiger partial charge in [-0.1, -0.05) is 11.6 Å². The third-order valence-electron chi connectivity index (χ3n) is 5.59. The number of hydrogen-bond donors (Lipinski definition) is 2. The highest BCUT2D eigenvalue weighted by molar-refractivity contribution is 7.18. The molecule has 1 atom stereocenters. The second kappa shape index (κ2) is 9.15. The van der Waals surface area contributed by atoms with E-state index in [0.29, 0.717) is 15.8 Å². The van der Waals surface area contributed by atoms with E-state index in [1.807, 2.05) is 24.3 Å². The fourth-order valence-corrected chi connectivity index (χ4v) is 4.79. The van der Waals surface area contributed by atoms with Crippen LogP contribution in [0.1, 0.15) is 22.5 Å². The van der Waals surface area contributed by atoms with Gasteiger partial charge in [0.05, 0.1) is 22.3 Å². The Balaban J connectivity index is 1.31. The van der Waals surface area contributed by atoms with E-state index in [1.165, 1.54) is 11.3 Å².